The van der Waals surface area contributed by atoms with E-state index in [0.29, 0.717) is 24.4 Å². The number of methoxy groups -OCH3 is 1. The van der Waals surface area contributed by atoms with Crippen LogP contribution in [0.5, 0.6) is 5.75 Å². The van der Waals surface area contributed by atoms with Crippen molar-refractivity contribution in [2.24, 2.45) is 0 Å². The largest absolute Gasteiger partial charge is 0.496 e. The Labute approximate surface area is 191 Å². The van der Waals surface area contributed by atoms with Crippen LogP contribution < -0.4 is 9.46 Å². The monoisotopic (exact) mass is 456 g/mol. The van der Waals surface area contributed by atoms with Gasteiger partial charge in [0.15, 0.2) is 0 Å². The van der Waals surface area contributed by atoms with E-state index in [1.54, 1.807) is 6.07 Å². The first kappa shape index (κ1) is 22.8. The molecule has 1 aliphatic carbocycles. The van der Waals surface area contributed by atoms with Crippen molar-refractivity contribution in [3.63, 3.8) is 0 Å². The molecule has 1 heterocycles. The minimum absolute atomic E-state index is 0.0736. The van der Waals surface area contributed by atoms with Crippen LogP contribution >= 0.6 is 0 Å². The molecule has 2 aliphatic rings. The number of hydrogen-bond acceptors (Lipinski definition) is 4. The highest BCUT2D eigenvalue weighted by Gasteiger charge is 2.25. The second-order valence-corrected chi connectivity index (χ2v) is 10.5. The molecule has 0 aromatic heterocycles. The quantitative estimate of drug-likeness (QED) is 0.705. The van der Waals surface area contributed by atoms with Crippen LogP contribution in [0.2, 0.25) is 0 Å². The average molecular weight is 457 g/mol. The van der Waals surface area contributed by atoms with E-state index in [2.05, 4.69) is 16.9 Å². The number of nitrogens with one attached hydrogen (secondary N) is 1. The predicted octanol–water partition coefficient (Wildman–Crippen LogP) is 4.24. The molecule has 7 heteroatoms. The number of rotatable bonds is 6. The van der Waals surface area contributed by atoms with Crippen molar-refractivity contribution in [3.05, 3.63) is 58.7 Å². The summed E-state index contributed by atoms with van der Waals surface area (Å²) in [6.07, 6.45) is 7.44. The van der Waals surface area contributed by atoms with Gasteiger partial charge in [-0.1, -0.05) is 31.0 Å². The summed E-state index contributed by atoms with van der Waals surface area (Å²) in [7, 11) is -2.32. The van der Waals surface area contributed by atoms with E-state index in [4.69, 9.17) is 4.74 Å². The van der Waals surface area contributed by atoms with Crippen LogP contribution in [-0.2, 0) is 22.9 Å². The van der Waals surface area contributed by atoms with Gasteiger partial charge in [-0.25, -0.2) is 13.1 Å². The van der Waals surface area contributed by atoms with Gasteiger partial charge in [0, 0.05) is 19.1 Å². The van der Waals surface area contributed by atoms with Crippen molar-refractivity contribution in [3.8, 4) is 5.75 Å². The number of hydrogen-bond donors (Lipinski definition) is 1. The van der Waals surface area contributed by atoms with Crippen LogP contribution in [-0.4, -0.2) is 39.4 Å². The minimum atomic E-state index is -3.82. The summed E-state index contributed by atoms with van der Waals surface area (Å²) in [4.78, 5) is 15.1. The molecule has 1 N–H and O–H groups in total. The SMILES string of the molecule is COc1ccc(S(=O)(=O)N[C@@H](C)c2ccc3c(c2)CCC3)cc1C(=O)N1CCCCCC1. The summed E-state index contributed by atoms with van der Waals surface area (Å²) < 4.78 is 34.5. The summed E-state index contributed by atoms with van der Waals surface area (Å²) in [6.45, 7) is 3.22. The van der Waals surface area contributed by atoms with Crippen LogP contribution in [0.3, 0.4) is 0 Å². The van der Waals surface area contributed by atoms with Gasteiger partial charge < -0.3 is 9.64 Å². The second kappa shape index (κ2) is 9.63. The fraction of sp³-hybridized carbons (Fsp3) is 0.480. The second-order valence-electron chi connectivity index (χ2n) is 8.79. The van der Waals surface area contributed by atoms with Crippen molar-refractivity contribution in [2.45, 2.75) is 62.8 Å². The van der Waals surface area contributed by atoms with Gasteiger partial charge in [0.1, 0.15) is 5.75 Å². The Bertz CT molecular complexity index is 1090. The van der Waals surface area contributed by atoms with Crippen LogP contribution in [0.15, 0.2) is 41.3 Å². The summed E-state index contributed by atoms with van der Waals surface area (Å²) >= 11 is 0. The molecule has 1 atom stereocenters. The van der Waals surface area contributed by atoms with E-state index in [1.807, 2.05) is 17.9 Å². The molecule has 1 aliphatic heterocycles. The summed E-state index contributed by atoms with van der Waals surface area (Å²) in [5, 5.41) is 0. The van der Waals surface area contributed by atoms with Crippen molar-refractivity contribution < 1.29 is 17.9 Å². The van der Waals surface area contributed by atoms with Gasteiger partial charge in [0.2, 0.25) is 10.0 Å². The van der Waals surface area contributed by atoms with Gasteiger partial charge in [0.25, 0.3) is 5.91 Å². The normalized spacial score (nSPS) is 17.5. The maximum atomic E-state index is 13.2. The lowest BCUT2D eigenvalue weighted by Crippen LogP contribution is -2.32. The standard InChI is InChI=1S/C25H32N2O4S/c1-18(20-11-10-19-8-7-9-21(19)16-20)26-32(29,30)22-12-13-24(31-2)23(17-22)25(28)27-14-5-3-4-6-15-27/h10-13,16-18,26H,3-9,14-15H2,1-2H3/t18-/m0/s1. The predicted molar refractivity (Wildman–Crippen MR) is 125 cm³/mol. The molecule has 32 heavy (non-hydrogen) atoms. The molecular formula is C25H32N2O4S. The molecule has 172 valence electrons. The van der Waals surface area contributed by atoms with Gasteiger partial charge in [-0.3, -0.25) is 4.79 Å². The summed E-state index contributed by atoms with van der Waals surface area (Å²) in [5.74, 6) is 0.220. The molecule has 6 nitrogen and oxygen atoms in total. The molecule has 1 amide bonds. The van der Waals surface area contributed by atoms with E-state index in [-0.39, 0.29) is 16.8 Å². The zero-order chi connectivity index (χ0) is 22.7. The fourth-order valence-electron chi connectivity index (χ4n) is 4.70. The minimum Gasteiger partial charge on any atom is -0.496 e. The summed E-state index contributed by atoms with van der Waals surface area (Å²) in [6, 6.07) is 10.3. The third kappa shape index (κ3) is 4.84. The van der Waals surface area contributed by atoms with Crippen molar-refractivity contribution in [1.29, 1.82) is 0 Å². The van der Waals surface area contributed by atoms with Crippen LogP contribution in [0.25, 0.3) is 0 Å². The molecule has 1 saturated heterocycles. The topological polar surface area (TPSA) is 75.7 Å². The first-order valence-electron chi connectivity index (χ1n) is 11.5. The number of benzene rings is 2. The van der Waals surface area contributed by atoms with E-state index < -0.39 is 10.0 Å². The summed E-state index contributed by atoms with van der Waals surface area (Å²) in [5.41, 5.74) is 3.91. The van der Waals surface area contributed by atoms with Gasteiger partial charge in [-0.05, 0) is 73.9 Å². The molecule has 0 spiro atoms. The Morgan fingerprint density at radius 3 is 2.41 bits per heavy atom. The number of fused-ring (bicyclic) bond motifs is 1. The number of sulfonamides is 1. The highest BCUT2D eigenvalue weighted by Crippen LogP contribution is 2.28. The molecule has 4 rings (SSSR count). The highest BCUT2D eigenvalue weighted by molar-refractivity contribution is 7.89. The Morgan fingerprint density at radius 1 is 0.969 bits per heavy atom. The lowest BCUT2D eigenvalue weighted by molar-refractivity contribution is 0.0758. The number of carbonyl (C=O) groups is 1. The Balaban J connectivity index is 1.57. The molecule has 2 aromatic rings. The Hall–Kier alpha value is -2.38. The zero-order valence-corrected chi connectivity index (χ0v) is 19.7. The Kier molecular flexibility index (Phi) is 6.86. The first-order valence-corrected chi connectivity index (χ1v) is 13.0. The Morgan fingerprint density at radius 2 is 1.69 bits per heavy atom. The lowest BCUT2D eigenvalue weighted by Gasteiger charge is -2.22. The number of aryl methyl sites for hydroxylation is 2. The van der Waals surface area contributed by atoms with Gasteiger partial charge in [-0.15, -0.1) is 0 Å². The molecule has 0 bridgehead atoms. The molecule has 0 radical (unpaired) electrons. The molecule has 0 saturated carbocycles. The third-order valence-electron chi connectivity index (χ3n) is 6.56. The number of amides is 1. The van der Waals surface area contributed by atoms with E-state index >= 15 is 0 Å². The average Bonchev–Trinajstić information content (AvgIpc) is 3.09. The van der Waals surface area contributed by atoms with Gasteiger partial charge >= 0.3 is 0 Å². The maximum Gasteiger partial charge on any atom is 0.257 e. The number of nitrogens with zero attached hydrogens (tertiary/aromatic N) is 1. The van der Waals surface area contributed by atoms with E-state index in [1.165, 1.54) is 30.4 Å². The number of ether oxygens (including phenoxy) is 1. The van der Waals surface area contributed by atoms with Gasteiger partial charge in [0.05, 0.1) is 17.6 Å². The van der Waals surface area contributed by atoms with Crippen LogP contribution in [0.1, 0.15) is 72.1 Å². The maximum absolute atomic E-state index is 13.2. The zero-order valence-electron chi connectivity index (χ0n) is 18.9. The highest BCUT2D eigenvalue weighted by atomic mass is 32.2. The van der Waals surface area contributed by atoms with Crippen LogP contribution in [0.4, 0.5) is 0 Å². The third-order valence-corrected chi connectivity index (χ3v) is 8.10. The van der Waals surface area contributed by atoms with Crippen LogP contribution in [0, 0.1) is 0 Å². The van der Waals surface area contributed by atoms with Crippen molar-refractivity contribution >= 4 is 15.9 Å². The fourth-order valence-corrected chi connectivity index (χ4v) is 5.95. The van der Waals surface area contributed by atoms with E-state index in [0.717, 1.165) is 50.5 Å². The first-order chi connectivity index (χ1) is 15.4. The lowest BCUT2D eigenvalue weighted by atomic mass is 10.0. The number of likely N-dealkylation sites (tertiary alicyclic amines) is 1. The van der Waals surface area contributed by atoms with Crippen molar-refractivity contribution in [2.75, 3.05) is 20.2 Å². The number of carbonyl (C=O) groups excluding carboxylic acids is 1. The molecule has 1 fully saturated rings. The molecular weight excluding hydrogens is 424 g/mol. The van der Waals surface area contributed by atoms with E-state index in [9.17, 15) is 13.2 Å². The molecule has 0 unspecified atom stereocenters. The smallest absolute Gasteiger partial charge is 0.257 e. The molecule has 2 aromatic carbocycles. The van der Waals surface area contributed by atoms with Crippen molar-refractivity contribution in [1.82, 2.24) is 9.62 Å². The van der Waals surface area contributed by atoms with Gasteiger partial charge in [-0.2, -0.15) is 0 Å².